The van der Waals surface area contributed by atoms with Crippen molar-refractivity contribution in [1.29, 1.82) is 0 Å². The van der Waals surface area contributed by atoms with E-state index in [9.17, 15) is 8.42 Å². The first-order valence-corrected chi connectivity index (χ1v) is 12.9. The predicted molar refractivity (Wildman–Crippen MR) is 124 cm³/mol. The summed E-state index contributed by atoms with van der Waals surface area (Å²) < 4.78 is 30.1. The molecule has 1 aliphatic heterocycles. The molecule has 4 rings (SSSR count). The maximum atomic E-state index is 13.2. The third-order valence-corrected chi connectivity index (χ3v) is 8.55. The zero-order valence-electron chi connectivity index (χ0n) is 17.4. The number of sulfonamides is 1. The van der Waals surface area contributed by atoms with Gasteiger partial charge in [0.15, 0.2) is 0 Å². The number of rotatable bonds is 6. The molecule has 0 radical (unpaired) electrons. The van der Waals surface area contributed by atoms with E-state index in [0.717, 1.165) is 28.9 Å². The van der Waals surface area contributed by atoms with E-state index in [-0.39, 0.29) is 10.8 Å². The molecule has 1 atom stereocenters. The smallest absolute Gasteiger partial charge is 0.244 e. The van der Waals surface area contributed by atoms with Crippen molar-refractivity contribution in [3.63, 3.8) is 0 Å². The molecular formula is C22H26ClN3O2S2. The lowest BCUT2D eigenvalue weighted by atomic mass is 9.98. The zero-order valence-corrected chi connectivity index (χ0v) is 19.8. The highest BCUT2D eigenvalue weighted by molar-refractivity contribution is 7.99. The van der Waals surface area contributed by atoms with Crippen LogP contribution in [0.2, 0.25) is 5.02 Å². The van der Waals surface area contributed by atoms with Crippen molar-refractivity contribution in [3.8, 4) is 0 Å². The molecule has 1 unspecified atom stereocenters. The second-order valence-corrected chi connectivity index (χ2v) is 11.9. The average Bonchev–Trinajstić information content (AvgIpc) is 3.32. The van der Waals surface area contributed by atoms with Gasteiger partial charge in [0.05, 0.1) is 5.03 Å². The van der Waals surface area contributed by atoms with Crippen LogP contribution in [0.1, 0.15) is 38.7 Å². The minimum absolute atomic E-state index is 0.167. The number of hydrogen-bond acceptors (Lipinski definition) is 4. The molecule has 0 bridgehead atoms. The molecule has 0 aliphatic carbocycles. The zero-order chi connectivity index (χ0) is 21.5. The van der Waals surface area contributed by atoms with Gasteiger partial charge in [0.1, 0.15) is 4.90 Å². The molecule has 1 saturated heterocycles. The van der Waals surface area contributed by atoms with E-state index in [1.165, 1.54) is 11.8 Å². The van der Waals surface area contributed by atoms with Gasteiger partial charge in [-0.3, -0.25) is 0 Å². The summed E-state index contributed by atoms with van der Waals surface area (Å²) in [5.74, 6) is 0.167. The molecular weight excluding hydrogens is 438 g/mol. The minimum Gasteiger partial charge on any atom is -0.347 e. The fourth-order valence-corrected chi connectivity index (χ4v) is 6.42. The van der Waals surface area contributed by atoms with Crippen LogP contribution in [-0.4, -0.2) is 40.6 Å². The summed E-state index contributed by atoms with van der Waals surface area (Å²) in [4.78, 5) is 4.60. The van der Waals surface area contributed by atoms with Crippen LogP contribution in [0, 0.1) is 0 Å². The van der Waals surface area contributed by atoms with Crippen LogP contribution in [-0.2, 0) is 16.6 Å². The number of benzene rings is 1. The first-order chi connectivity index (χ1) is 14.3. The summed E-state index contributed by atoms with van der Waals surface area (Å²) in [5.41, 5.74) is 2.30. The van der Waals surface area contributed by atoms with Crippen molar-refractivity contribution in [1.82, 2.24) is 13.9 Å². The number of halogens is 1. The average molecular weight is 464 g/mol. The van der Waals surface area contributed by atoms with Gasteiger partial charge in [-0.25, -0.2) is 13.4 Å². The van der Waals surface area contributed by atoms with Crippen molar-refractivity contribution in [3.05, 3.63) is 53.3 Å². The van der Waals surface area contributed by atoms with Crippen molar-refractivity contribution < 1.29 is 8.42 Å². The maximum Gasteiger partial charge on any atom is 0.244 e. The molecule has 30 heavy (non-hydrogen) atoms. The van der Waals surface area contributed by atoms with Crippen molar-refractivity contribution >= 4 is 44.3 Å². The van der Waals surface area contributed by atoms with E-state index in [4.69, 9.17) is 11.6 Å². The van der Waals surface area contributed by atoms with Gasteiger partial charge in [-0.2, -0.15) is 4.31 Å². The Labute approximate surface area is 187 Å². The standard InChI is InChI=1S/C22H26ClN3O2S2/c1-4-25-14-20(19-7-5-17(23)11-21(19)25)16-9-10-26(13-16)30(27,28)18-6-8-22(24-12-18)29-15(2)3/h5-8,11-12,14-16H,4,9-10,13H2,1-3H3. The van der Waals surface area contributed by atoms with Gasteiger partial charge < -0.3 is 4.57 Å². The Bertz CT molecular complexity index is 1160. The molecule has 3 heterocycles. The lowest BCUT2D eigenvalue weighted by molar-refractivity contribution is 0.472. The Morgan fingerprint density at radius 3 is 2.73 bits per heavy atom. The number of aryl methyl sites for hydroxylation is 1. The van der Waals surface area contributed by atoms with Gasteiger partial charge in [-0.15, -0.1) is 11.8 Å². The molecule has 8 heteroatoms. The third kappa shape index (κ3) is 4.13. The highest BCUT2D eigenvalue weighted by atomic mass is 35.5. The highest BCUT2D eigenvalue weighted by Gasteiger charge is 2.34. The van der Waals surface area contributed by atoms with Crippen molar-refractivity contribution in [2.45, 2.75) is 54.8 Å². The molecule has 0 amide bonds. The van der Waals surface area contributed by atoms with Crippen molar-refractivity contribution in [2.75, 3.05) is 13.1 Å². The molecule has 0 N–H and O–H groups in total. The number of pyridine rings is 1. The topological polar surface area (TPSA) is 55.2 Å². The van der Waals surface area contributed by atoms with E-state index >= 15 is 0 Å². The fourth-order valence-electron chi connectivity index (χ4n) is 4.06. The number of fused-ring (bicyclic) bond motifs is 1. The summed E-state index contributed by atoms with van der Waals surface area (Å²) >= 11 is 7.82. The first kappa shape index (κ1) is 21.7. The second kappa shape index (κ2) is 8.54. The van der Waals surface area contributed by atoms with Crippen LogP contribution in [0.25, 0.3) is 10.9 Å². The fraction of sp³-hybridized carbons (Fsp3) is 0.409. The van der Waals surface area contributed by atoms with Crippen LogP contribution >= 0.6 is 23.4 Å². The molecule has 0 spiro atoms. The van der Waals surface area contributed by atoms with E-state index in [1.807, 2.05) is 18.2 Å². The van der Waals surface area contributed by atoms with E-state index in [2.05, 4.69) is 36.5 Å². The maximum absolute atomic E-state index is 13.2. The number of thioether (sulfide) groups is 1. The largest absolute Gasteiger partial charge is 0.347 e. The number of aromatic nitrogens is 2. The molecule has 160 valence electrons. The van der Waals surface area contributed by atoms with Crippen LogP contribution in [0.4, 0.5) is 0 Å². The molecule has 0 saturated carbocycles. The van der Waals surface area contributed by atoms with E-state index in [0.29, 0.717) is 23.4 Å². The van der Waals surface area contributed by atoms with Gasteiger partial charge in [0.2, 0.25) is 10.0 Å². The Kier molecular flexibility index (Phi) is 6.17. The monoisotopic (exact) mass is 463 g/mol. The number of hydrogen-bond donors (Lipinski definition) is 0. The Morgan fingerprint density at radius 1 is 1.27 bits per heavy atom. The summed E-state index contributed by atoms with van der Waals surface area (Å²) in [5, 5.41) is 3.11. The van der Waals surface area contributed by atoms with Crippen LogP contribution in [0.15, 0.2) is 52.6 Å². The van der Waals surface area contributed by atoms with Gasteiger partial charge in [0, 0.05) is 59.1 Å². The molecule has 1 fully saturated rings. The van der Waals surface area contributed by atoms with Gasteiger partial charge >= 0.3 is 0 Å². The normalized spacial score (nSPS) is 18.0. The quantitative estimate of drug-likeness (QED) is 0.460. The molecule has 2 aromatic heterocycles. The summed E-state index contributed by atoms with van der Waals surface area (Å²) in [7, 11) is -3.55. The van der Waals surface area contributed by atoms with Crippen molar-refractivity contribution in [2.24, 2.45) is 0 Å². The van der Waals surface area contributed by atoms with Gasteiger partial charge in [-0.1, -0.05) is 31.5 Å². The van der Waals surface area contributed by atoms with Gasteiger partial charge in [0.25, 0.3) is 0 Å². The summed E-state index contributed by atoms with van der Waals surface area (Å²) in [6, 6.07) is 9.40. The Balaban J connectivity index is 1.58. The second-order valence-electron chi connectivity index (χ2n) is 7.88. The SMILES string of the molecule is CCn1cc(C2CCN(S(=O)(=O)c3ccc(SC(C)C)nc3)C2)c2ccc(Cl)cc21. The minimum atomic E-state index is -3.55. The molecule has 1 aromatic carbocycles. The Morgan fingerprint density at radius 2 is 2.07 bits per heavy atom. The molecule has 1 aliphatic rings. The van der Waals surface area contributed by atoms with Gasteiger partial charge in [-0.05, 0) is 43.2 Å². The van der Waals surface area contributed by atoms with E-state index < -0.39 is 10.0 Å². The van der Waals surface area contributed by atoms with Crippen LogP contribution in [0.5, 0.6) is 0 Å². The highest BCUT2D eigenvalue weighted by Crippen LogP contribution is 2.36. The summed E-state index contributed by atoms with van der Waals surface area (Å²) in [6.45, 7) is 8.12. The lowest BCUT2D eigenvalue weighted by Crippen LogP contribution is -2.28. The van der Waals surface area contributed by atoms with Crippen LogP contribution in [0.3, 0.4) is 0 Å². The van der Waals surface area contributed by atoms with E-state index in [1.54, 1.807) is 28.2 Å². The summed E-state index contributed by atoms with van der Waals surface area (Å²) in [6.07, 6.45) is 4.44. The molecule has 5 nitrogen and oxygen atoms in total. The molecule has 3 aromatic rings. The number of nitrogens with zero attached hydrogens (tertiary/aromatic N) is 3. The third-order valence-electron chi connectivity index (χ3n) is 5.51. The Hall–Kier alpha value is -1.54. The predicted octanol–water partition coefficient (Wildman–Crippen LogP) is 5.39. The lowest BCUT2D eigenvalue weighted by Gasteiger charge is -2.17. The first-order valence-electron chi connectivity index (χ1n) is 10.2. The van der Waals surface area contributed by atoms with Crippen LogP contribution < -0.4 is 0 Å².